The molecule has 0 amide bonds. The van der Waals surface area contributed by atoms with Crippen LogP contribution in [0.4, 0.5) is 11.6 Å². The van der Waals surface area contributed by atoms with Gasteiger partial charge in [0.05, 0.1) is 20.8 Å². The smallest absolute Gasteiger partial charge is 0.240 e. The van der Waals surface area contributed by atoms with E-state index < -0.39 is 0 Å². The molecule has 4 heteroatoms. The molecule has 4 nitrogen and oxygen atoms in total. The number of aromatic nitrogens is 2. The van der Waals surface area contributed by atoms with E-state index in [1.807, 2.05) is 25.6 Å². The summed E-state index contributed by atoms with van der Waals surface area (Å²) < 4.78 is 3.63. The Kier molecular flexibility index (Phi) is 2.38. The lowest BCUT2D eigenvalue weighted by molar-refractivity contribution is -0.400. The van der Waals surface area contributed by atoms with E-state index in [-0.39, 0.29) is 0 Å². The highest BCUT2D eigenvalue weighted by Crippen LogP contribution is 2.22. The first-order chi connectivity index (χ1) is 5.66. The zero-order valence-corrected chi connectivity index (χ0v) is 7.65. The molecular weight excluding hydrogens is 152 g/mol. The minimum atomic E-state index is 0.706. The highest BCUT2D eigenvalue weighted by Gasteiger charge is 2.14. The molecule has 0 N–H and O–H groups in total. The van der Waals surface area contributed by atoms with Gasteiger partial charge in [0.1, 0.15) is 0 Å². The topological polar surface area (TPSA) is 33.2 Å². The predicted octanol–water partition coefficient (Wildman–Crippen LogP) is 1.12. The van der Waals surface area contributed by atoms with E-state index in [4.69, 9.17) is 0 Å². The average Bonchev–Trinajstić information content (AvgIpc) is 2.32. The van der Waals surface area contributed by atoms with Crippen LogP contribution >= 0.6 is 0 Å². The van der Waals surface area contributed by atoms with Gasteiger partial charge in [-0.25, -0.2) is 14.1 Å². The molecule has 1 rings (SSSR count). The molecule has 0 aliphatic rings. The van der Waals surface area contributed by atoms with Gasteiger partial charge in [-0.15, -0.1) is 0 Å². The van der Waals surface area contributed by atoms with Crippen molar-refractivity contribution in [2.75, 3.05) is 7.05 Å². The van der Waals surface area contributed by atoms with Crippen molar-refractivity contribution in [1.82, 2.24) is 9.55 Å². The second-order valence-corrected chi connectivity index (χ2v) is 2.59. The van der Waals surface area contributed by atoms with Crippen LogP contribution in [0.2, 0.25) is 0 Å². The second kappa shape index (κ2) is 3.30. The molecule has 0 atom stereocenters. The van der Waals surface area contributed by atoms with E-state index in [2.05, 4.69) is 16.7 Å². The summed E-state index contributed by atoms with van der Waals surface area (Å²) in [6, 6.07) is 0. The number of imidazole rings is 1. The average molecular weight is 165 g/mol. The lowest BCUT2D eigenvalue weighted by Gasteiger charge is -1.94. The van der Waals surface area contributed by atoms with Gasteiger partial charge in [-0.1, -0.05) is 0 Å². The second-order valence-electron chi connectivity index (χ2n) is 2.59. The Bertz CT molecular complexity index is 322. The van der Waals surface area contributed by atoms with Gasteiger partial charge in [0, 0.05) is 6.21 Å². The molecular formula is C8H13N4+. The monoisotopic (exact) mass is 165 g/mol. The van der Waals surface area contributed by atoms with Gasteiger partial charge in [0.15, 0.2) is 6.33 Å². The maximum atomic E-state index is 4.11. The van der Waals surface area contributed by atoms with Crippen LogP contribution in [0, 0.1) is 0 Å². The van der Waals surface area contributed by atoms with Gasteiger partial charge in [-0.3, -0.25) is 0 Å². The molecule has 0 unspecified atom stereocenters. The van der Waals surface area contributed by atoms with Crippen LogP contribution < -0.4 is 0 Å². The van der Waals surface area contributed by atoms with Gasteiger partial charge < -0.3 is 0 Å². The van der Waals surface area contributed by atoms with E-state index in [0.717, 1.165) is 5.82 Å². The molecule has 64 valence electrons. The minimum Gasteiger partial charge on any atom is -0.240 e. The normalized spacial score (nSPS) is 10.9. The maximum absolute atomic E-state index is 4.11. The van der Waals surface area contributed by atoms with Crippen LogP contribution in [0.1, 0.15) is 6.92 Å². The molecule has 0 aromatic carbocycles. The Morgan fingerprint density at radius 3 is 2.92 bits per heavy atom. The Balaban J connectivity index is 3.21. The Hall–Kier alpha value is -1.45. The molecule has 0 aliphatic heterocycles. The zero-order chi connectivity index (χ0) is 9.14. The van der Waals surface area contributed by atoms with Crippen molar-refractivity contribution in [3.8, 4) is 0 Å². The number of aliphatic imine (C=N–C) groups is 1. The molecule has 1 aromatic rings. The van der Waals surface area contributed by atoms with Crippen molar-refractivity contribution in [2.45, 2.75) is 6.92 Å². The first kappa shape index (κ1) is 8.64. The molecule has 1 aromatic heterocycles. The van der Waals surface area contributed by atoms with E-state index in [9.17, 15) is 0 Å². The van der Waals surface area contributed by atoms with Crippen LogP contribution in [0.25, 0.3) is 0 Å². The van der Waals surface area contributed by atoms with Crippen LogP contribution in [0.5, 0.6) is 0 Å². The molecule has 0 radical (unpaired) electrons. The van der Waals surface area contributed by atoms with Gasteiger partial charge >= 0.3 is 5.82 Å². The third kappa shape index (κ3) is 1.42. The quantitative estimate of drug-likeness (QED) is 0.477. The lowest BCUT2D eigenvalue weighted by Crippen LogP contribution is -1.98. The first-order valence-electron chi connectivity index (χ1n) is 3.71. The zero-order valence-electron chi connectivity index (χ0n) is 7.65. The summed E-state index contributed by atoms with van der Waals surface area (Å²) in [6.45, 7) is 5.65. The van der Waals surface area contributed by atoms with Crippen molar-refractivity contribution in [1.29, 1.82) is 0 Å². The van der Waals surface area contributed by atoms with Crippen LogP contribution in [-0.4, -0.2) is 34.1 Å². The molecule has 0 bridgehead atoms. The summed E-state index contributed by atoms with van der Waals surface area (Å²) in [4.78, 5) is 8.22. The summed E-state index contributed by atoms with van der Waals surface area (Å²) >= 11 is 0. The highest BCUT2D eigenvalue weighted by molar-refractivity contribution is 5.62. The Morgan fingerprint density at radius 2 is 2.42 bits per heavy atom. The SMILES string of the molecule is C=[N+](C)c1c(N=CC)ncn1C. The molecule has 0 saturated carbocycles. The standard InChI is InChI=1S/C8H13N4/c1-5-9-7-8(11(2)3)12(4)6-10-7/h5-6H,2H2,1,3-4H3/q+1. The summed E-state index contributed by atoms with van der Waals surface area (Å²) in [5.74, 6) is 1.62. The molecule has 0 fully saturated rings. The molecule has 0 aliphatic carbocycles. The van der Waals surface area contributed by atoms with Crippen molar-refractivity contribution in [3.63, 3.8) is 0 Å². The number of aryl methyl sites for hydroxylation is 1. The Labute approximate surface area is 71.9 Å². The summed E-state index contributed by atoms with van der Waals surface area (Å²) in [6.07, 6.45) is 3.44. The third-order valence-electron chi connectivity index (χ3n) is 1.50. The van der Waals surface area contributed by atoms with Gasteiger partial charge in [0.25, 0.3) is 0 Å². The molecule has 0 saturated heterocycles. The minimum absolute atomic E-state index is 0.706. The van der Waals surface area contributed by atoms with Gasteiger partial charge in [-0.05, 0) is 6.92 Å². The van der Waals surface area contributed by atoms with Crippen molar-refractivity contribution < 1.29 is 4.58 Å². The van der Waals surface area contributed by atoms with Crippen molar-refractivity contribution in [3.05, 3.63) is 6.33 Å². The fourth-order valence-corrected chi connectivity index (χ4v) is 1.06. The third-order valence-corrected chi connectivity index (χ3v) is 1.50. The van der Waals surface area contributed by atoms with Gasteiger partial charge in [0.2, 0.25) is 5.82 Å². The van der Waals surface area contributed by atoms with Crippen LogP contribution in [-0.2, 0) is 7.05 Å². The number of nitrogens with zero attached hydrogens (tertiary/aromatic N) is 4. The van der Waals surface area contributed by atoms with Gasteiger partial charge in [-0.2, -0.15) is 4.98 Å². The van der Waals surface area contributed by atoms with Crippen molar-refractivity contribution in [2.24, 2.45) is 12.0 Å². The fraction of sp³-hybridized carbons (Fsp3) is 0.375. The Morgan fingerprint density at radius 1 is 1.75 bits per heavy atom. The number of hydrogen-bond acceptors (Lipinski definition) is 2. The van der Waals surface area contributed by atoms with E-state index in [0.29, 0.717) is 5.82 Å². The van der Waals surface area contributed by atoms with Crippen LogP contribution in [0.15, 0.2) is 11.3 Å². The van der Waals surface area contributed by atoms with Crippen LogP contribution in [0.3, 0.4) is 0 Å². The molecule has 0 spiro atoms. The summed E-state index contributed by atoms with van der Waals surface area (Å²) in [5, 5.41) is 0. The summed E-state index contributed by atoms with van der Waals surface area (Å²) in [7, 11) is 3.78. The van der Waals surface area contributed by atoms with E-state index >= 15 is 0 Å². The fourth-order valence-electron chi connectivity index (χ4n) is 1.06. The first-order valence-corrected chi connectivity index (χ1v) is 3.71. The largest absolute Gasteiger partial charge is 0.327 e. The lowest BCUT2D eigenvalue weighted by atomic mass is 10.6. The van der Waals surface area contributed by atoms with E-state index in [1.54, 1.807) is 17.1 Å². The maximum Gasteiger partial charge on any atom is 0.327 e. The predicted molar refractivity (Wildman–Crippen MR) is 50.0 cm³/mol. The summed E-state index contributed by atoms with van der Waals surface area (Å²) in [5.41, 5.74) is 0. The molecule has 12 heavy (non-hydrogen) atoms. The number of hydrogen-bond donors (Lipinski definition) is 0. The number of rotatable bonds is 2. The molecule has 1 heterocycles. The van der Waals surface area contributed by atoms with E-state index in [1.165, 1.54) is 0 Å². The highest BCUT2D eigenvalue weighted by atomic mass is 15.2. The van der Waals surface area contributed by atoms with Crippen molar-refractivity contribution >= 4 is 24.6 Å².